The standard InChI is InChI=1S/C15H13ClN2O2/c16-13-6-8-14(9-7-13)18-15(19)11-20-17-10-12-4-2-1-3-5-12/h1-10H,11H2,(H,18,19)/b17-10-. The van der Waals surface area contributed by atoms with Gasteiger partial charge < -0.3 is 10.2 Å². The van der Waals surface area contributed by atoms with Gasteiger partial charge in [0.25, 0.3) is 5.91 Å². The number of hydrogen-bond acceptors (Lipinski definition) is 3. The minimum atomic E-state index is -0.280. The fourth-order valence-electron chi connectivity index (χ4n) is 1.46. The van der Waals surface area contributed by atoms with Crippen molar-refractivity contribution in [1.82, 2.24) is 0 Å². The zero-order chi connectivity index (χ0) is 14.2. The monoisotopic (exact) mass is 288 g/mol. The van der Waals surface area contributed by atoms with Crippen LogP contribution in [-0.4, -0.2) is 18.7 Å². The third-order valence-corrected chi connectivity index (χ3v) is 2.65. The first-order valence-corrected chi connectivity index (χ1v) is 6.37. The SMILES string of the molecule is O=C(CO/N=C\c1ccccc1)Nc1ccc(Cl)cc1. The zero-order valence-corrected chi connectivity index (χ0v) is 11.4. The average molecular weight is 289 g/mol. The molecule has 0 atom stereocenters. The van der Waals surface area contributed by atoms with Crippen molar-refractivity contribution in [3.8, 4) is 0 Å². The van der Waals surface area contributed by atoms with Gasteiger partial charge in [0, 0.05) is 10.7 Å². The summed E-state index contributed by atoms with van der Waals surface area (Å²) in [5, 5.41) is 7.02. The Morgan fingerprint density at radius 3 is 2.55 bits per heavy atom. The molecule has 0 radical (unpaired) electrons. The third kappa shape index (κ3) is 4.74. The molecule has 0 saturated heterocycles. The number of hydrogen-bond donors (Lipinski definition) is 1. The second-order valence-electron chi connectivity index (χ2n) is 3.97. The van der Waals surface area contributed by atoms with E-state index in [1.165, 1.54) is 0 Å². The summed E-state index contributed by atoms with van der Waals surface area (Å²) < 4.78 is 0. The predicted molar refractivity (Wildman–Crippen MR) is 80.1 cm³/mol. The third-order valence-electron chi connectivity index (χ3n) is 2.40. The molecule has 5 heteroatoms. The van der Waals surface area contributed by atoms with Crippen LogP contribution in [0.3, 0.4) is 0 Å². The molecule has 2 aromatic carbocycles. The van der Waals surface area contributed by atoms with Crippen LogP contribution in [0.15, 0.2) is 59.8 Å². The Balaban J connectivity index is 1.75. The van der Waals surface area contributed by atoms with E-state index in [1.807, 2.05) is 30.3 Å². The molecule has 102 valence electrons. The lowest BCUT2D eigenvalue weighted by atomic mass is 10.2. The van der Waals surface area contributed by atoms with Gasteiger partial charge in [0.2, 0.25) is 0 Å². The van der Waals surface area contributed by atoms with Gasteiger partial charge in [0.15, 0.2) is 6.61 Å². The highest BCUT2D eigenvalue weighted by Crippen LogP contribution is 2.13. The Kier molecular flexibility index (Phi) is 5.15. The fourth-order valence-corrected chi connectivity index (χ4v) is 1.59. The minimum Gasteiger partial charge on any atom is -0.386 e. The summed E-state index contributed by atoms with van der Waals surface area (Å²) in [4.78, 5) is 16.5. The Bertz CT molecular complexity index is 583. The average Bonchev–Trinajstić information content (AvgIpc) is 2.47. The summed E-state index contributed by atoms with van der Waals surface area (Å²) in [6.45, 7) is -0.147. The van der Waals surface area contributed by atoms with Crippen LogP contribution < -0.4 is 5.32 Å². The van der Waals surface area contributed by atoms with Crippen molar-refractivity contribution in [3.05, 3.63) is 65.2 Å². The number of nitrogens with zero attached hydrogens (tertiary/aromatic N) is 1. The van der Waals surface area contributed by atoms with Crippen molar-refractivity contribution in [2.45, 2.75) is 0 Å². The Morgan fingerprint density at radius 1 is 1.15 bits per heavy atom. The van der Waals surface area contributed by atoms with Crippen molar-refractivity contribution in [2.24, 2.45) is 5.16 Å². The predicted octanol–water partition coefficient (Wildman–Crippen LogP) is 3.33. The summed E-state index contributed by atoms with van der Waals surface area (Å²) in [6, 6.07) is 16.3. The smallest absolute Gasteiger partial charge is 0.265 e. The topological polar surface area (TPSA) is 50.7 Å². The lowest BCUT2D eigenvalue weighted by Crippen LogP contribution is -2.16. The molecule has 0 spiro atoms. The van der Waals surface area contributed by atoms with Crippen LogP contribution in [0, 0.1) is 0 Å². The van der Waals surface area contributed by atoms with Crippen molar-refractivity contribution in [1.29, 1.82) is 0 Å². The van der Waals surface area contributed by atoms with Gasteiger partial charge in [0.1, 0.15) is 0 Å². The molecule has 0 aromatic heterocycles. The van der Waals surface area contributed by atoms with E-state index in [-0.39, 0.29) is 12.5 Å². The highest BCUT2D eigenvalue weighted by atomic mass is 35.5. The first-order valence-electron chi connectivity index (χ1n) is 6.00. The molecule has 20 heavy (non-hydrogen) atoms. The van der Waals surface area contributed by atoms with Gasteiger partial charge in [-0.2, -0.15) is 0 Å². The molecule has 0 aliphatic carbocycles. The van der Waals surface area contributed by atoms with Gasteiger partial charge in [-0.25, -0.2) is 0 Å². The first-order chi connectivity index (χ1) is 9.74. The number of anilines is 1. The van der Waals surface area contributed by atoms with Crippen molar-refractivity contribution in [3.63, 3.8) is 0 Å². The number of nitrogens with one attached hydrogen (secondary N) is 1. The number of oxime groups is 1. The number of benzene rings is 2. The lowest BCUT2D eigenvalue weighted by Gasteiger charge is -2.03. The van der Waals surface area contributed by atoms with Crippen LogP contribution in [-0.2, 0) is 9.63 Å². The molecule has 0 aliphatic rings. The van der Waals surface area contributed by atoms with E-state index in [2.05, 4.69) is 10.5 Å². The minimum absolute atomic E-state index is 0.147. The molecule has 0 fully saturated rings. The van der Waals surface area contributed by atoms with Gasteiger partial charge in [-0.1, -0.05) is 47.1 Å². The van der Waals surface area contributed by atoms with E-state index < -0.39 is 0 Å². The maximum absolute atomic E-state index is 11.6. The van der Waals surface area contributed by atoms with E-state index in [4.69, 9.17) is 16.4 Å². The molecule has 2 rings (SSSR count). The van der Waals surface area contributed by atoms with E-state index >= 15 is 0 Å². The van der Waals surface area contributed by atoms with Gasteiger partial charge >= 0.3 is 0 Å². The van der Waals surface area contributed by atoms with Gasteiger partial charge in [-0.3, -0.25) is 4.79 Å². The van der Waals surface area contributed by atoms with E-state index in [9.17, 15) is 4.79 Å². The highest BCUT2D eigenvalue weighted by Gasteiger charge is 2.02. The van der Waals surface area contributed by atoms with E-state index in [0.717, 1.165) is 5.56 Å². The molecule has 1 amide bonds. The summed E-state index contributed by atoms with van der Waals surface area (Å²) in [5.74, 6) is -0.280. The molecular formula is C15H13ClN2O2. The maximum Gasteiger partial charge on any atom is 0.265 e. The summed E-state index contributed by atoms with van der Waals surface area (Å²) in [7, 11) is 0. The molecule has 0 aliphatic heterocycles. The number of carbonyl (C=O) groups is 1. The zero-order valence-electron chi connectivity index (χ0n) is 10.6. The summed E-state index contributed by atoms with van der Waals surface area (Å²) in [6.07, 6.45) is 1.55. The highest BCUT2D eigenvalue weighted by molar-refractivity contribution is 6.30. The van der Waals surface area contributed by atoms with Crippen LogP contribution >= 0.6 is 11.6 Å². The Hall–Kier alpha value is -2.33. The Labute approximate surface area is 122 Å². The fraction of sp³-hybridized carbons (Fsp3) is 0.0667. The van der Waals surface area contributed by atoms with Crippen LogP contribution in [0.5, 0.6) is 0 Å². The lowest BCUT2D eigenvalue weighted by molar-refractivity contribution is -0.120. The second-order valence-corrected chi connectivity index (χ2v) is 4.41. The van der Waals surface area contributed by atoms with Crippen LogP contribution in [0.4, 0.5) is 5.69 Å². The van der Waals surface area contributed by atoms with E-state index in [0.29, 0.717) is 10.7 Å². The van der Waals surface area contributed by atoms with Crippen LogP contribution in [0.1, 0.15) is 5.56 Å². The van der Waals surface area contributed by atoms with Crippen molar-refractivity contribution >= 4 is 29.4 Å². The quantitative estimate of drug-likeness (QED) is 0.678. The van der Waals surface area contributed by atoms with Gasteiger partial charge in [-0.05, 0) is 29.8 Å². The molecule has 0 heterocycles. The number of carbonyl (C=O) groups excluding carboxylic acids is 1. The van der Waals surface area contributed by atoms with Crippen molar-refractivity contribution in [2.75, 3.05) is 11.9 Å². The van der Waals surface area contributed by atoms with E-state index in [1.54, 1.807) is 30.5 Å². The Morgan fingerprint density at radius 2 is 1.85 bits per heavy atom. The number of halogens is 1. The summed E-state index contributed by atoms with van der Waals surface area (Å²) in [5.41, 5.74) is 1.57. The molecule has 2 aromatic rings. The largest absolute Gasteiger partial charge is 0.386 e. The van der Waals surface area contributed by atoms with Crippen molar-refractivity contribution < 1.29 is 9.63 Å². The molecule has 0 bridgehead atoms. The molecule has 0 unspecified atom stereocenters. The summed E-state index contributed by atoms with van der Waals surface area (Å²) >= 11 is 5.75. The van der Waals surface area contributed by atoms with Gasteiger partial charge in [-0.15, -0.1) is 0 Å². The molecule has 0 saturated carbocycles. The molecular weight excluding hydrogens is 276 g/mol. The number of amides is 1. The second kappa shape index (κ2) is 7.31. The van der Waals surface area contributed by atoms with Gasteiger partial charge in [0.05, 0.1) is 6.21 Å². The first kappa shape index (κ1) is 14.1. The normalized spacial score (nSPS) is 10.4. The number of rotatable bonds is 5. The maximum atomic E-state index is 11.6. The molecule has 4 nitrogen and oxygen atoms in total. The van der Waals surface area contributed by atoms with Crippen LogP contribution in [0.25, 0.3) is 0 Å². The van der Waals surface area contributed by atoms with Crippen LogP contribution in [0.2, 0.25) is 5.02 Å². The molecule has 1 N–H and O–H groups in total.